The summed E-state index contributed by atoms with van der Waals surface area (Å²) >= 11 is 0. The van der Waals surface area contributed by atoms with Gasteiger partial charge in [-0.15, -0.1) is 0 Å². The quantitative estimate of drug-likeness (QED) is 0.751. The highest BCUT2D eigenvalue weighted by molar-refractivity contribution is 5.79. The monoisotopic (exact) mass is 192 g/mol. The Morgan fingerprint density at radius 1 is 1.36 bits per heavy atom. The number of aliphatic hydroxyl groups is 1. The fourth-order valence-electron chi connectivity index (χ4n) is 1.29. The number of aromatic nitrogens is 2. The molecule has 1 aromatic heterocycles. The van der Waals surface area contributed by atoms with E-state index in [1.54, 1.807) is 4.68 Å². The van der Waals surface area contributed by atoms with Gasteiger partial charge in [-0.05, 0) is 11.6 Å². The second-order valence-corrected chi connectivity index (χ2v) is 2.82. The summed E-state index contributed by atoms with van der Waals surface area (Å²) in [7, 11) is 1.89. The summed E-state index contributed by atoms with van der Waals surface area (Å²) in [5, 5.41) is 14.1. The second-order valence-electron chi connectivity index (χ2n) is 2.82. The molecule has 2 rings (SSSR count). The van der Waals surface area contributed by atoms with Crippen LogP contribution in [0.5, 0.6) is 0 Å². The lowest BCUT2D eigenvalue weighted by molar-refractivity contribution is 0.282. The van der Waals surface area contributed by atoms with Gasteiger partial charge in [0.15, 0.2) is 0 Å². The number of benzene rings is 1. The molecule has 0 fully saturated rings. The van der Waals surface area contributed by atoms with Crippen molar-refractivity contribution >= 4 is 10.9 Å². The number of fused-ring (bicyclic) bond motifs is 1. The van der Waals surface area contributed by atoms with Gasteiger partial charge in [-0.25, -0.2) is 0 Å². The molecule has 3 nitrogen and oxygen atoms in total. The maximum atomic E-state index is 8.90. The van der Waals surface area contributed by atoms with Gasteiger partial charge in [0.25, 0.3) is 0 Å². The number of nitrogens with zero attached hydrogens (tertiary/aromatic N) is 2. The Bertz CT molecular complexity index is 407. The van der Waals surface area contributed by atoms with Gasteiger partial charge in [0.2, 0.25) is 0 Å². The van der Waals surface area contributed by atoms with Gasteiger partial charge >= 0.3 is 0 Å². The summed E-state index contributed by atoms with van der Waals surface area (Å²) < 4.78 is 1.80. The van der Waals surface area contributed by atoms with Crippen LogP contribution in [0.4, 0.5) is 0 Å². The highest BCUT2D eigenvalue weighted by Gasteiger charge is 1.99. The first-order valence-electron chi connectivity index (χ1n) is 4.83. The molecule has 0 saturated carbocycles. The Morgan fingerprint density at radius 2 is 2.07 bits per heavy atom. The van der Waals surface area contributed by atoms with Crippen LogP contribution in [0, 0.1) is 0 Å². The average Bonchev–Trinajstić information content (AvgIpc) is 2.63. The largest absolute Gasteiger partial charge is 0.392 e. The smallest absolute Gasteiger partial charge is 0.0682 e. The SMILES string of the molecule is CC.Cn1ncc2ccc(CO)cc21. The van der Waals surface area contributed by atoms with Gasteiger partial charge in [-0.3, -0.25) is 4.68 Å². The average molecular weight is 192 g/mol. The van der Waals surface area contributed by atoms with E-state index in [1.165, 1.54) is 0 Å². The molecule has 0 radical (unpaired) electrons. The predicted octanol–water partition coefficient (Wildman–Crippen LogP) is 2.09. The summed E-state index contributed by atoms with van der Waals surface area (Å²) in [4.78, 5) is 0. The van der Waals surface area contributed by atoms with Crippen LogP contribution in [0.3, 0.4) is 0 Å². The molecule has 0 aliphatic carbocycles. The summed E-state index contributed by atoms with van der Waals surface area (Å²) in [6, 6.07) is 5.82. The molecule has 1 aromatic carbocycles. The molecule has 76 valence electrons. The van der Waals surface area contributed by atoms with Crippen LogP contribution in [0.25, 0.3) is 10.9 Å². The number of rotatable bonds is 1. The van der Waals surface area contributed by atoms with Crippen molar-refractivity contribution in [2.75, 3.05) is 0 Å². The van der Waals surface area contributed by atoms with Crippen LogP contribution in [-0.2, 0) is 13.7 Å². The first-order valence-corrected chi connectivity index (χ1v) is 4.83. The third kappa shape index (κ3) is 1.93. The summed E-state index contributed by atoms with van der Waals surface area (Å²) in [6.07, 6.45) is 1.82. The van der Waals surface area contributed by atoms with Gasteiger partial charge < -0.3 is 5.11 Å². The van der Waals surface area contributed by atoms with Gasteiger partial charge in [0, 0.05) is 12.4 Å². The molecule has 1 heterocycles. The first kappa shape index (κ1) is 10.7. The van der Waals surface area contributed by atoms with Crippen LogP contribution >= 0.6 is 0 Å². The Morgan fingerprint density at radius 3 is 2.71 bits per heavy atom. The zero-order chi connectivity index (χ0) is 10.6. The predicted molar refractivity (Wildman–Crippen MR) is 58.0 cm³/mol. The molecule has 1 N–H and O–H groups in total. The van der Waals surface area contributed by atoms with Crippen molar-refractivity contribution in [1.29, 1.82) is 0 Å². The van der Waals surface area contributed by atoms with E-state index in [1.807, 2.05) is 45.3 Å². The standard InChI is InChI=1S/C9H10N2O.C2H6/c1-11-9-4-7(6-12)2-3-8(9)5-10-11;1-2/h2-5,12H,6H2,1H3;1-2H3. The number of aryl methyl sites for hydroxylation is 1. The van der Waals surface area contributed by atoms with Crippen molar-refractivity contribution in [2.24, 2.45) is 7.05 Å². The zero-order valence-corrected chi connectivity index (χ0v) is 8.86. The molecule has 0 unspecified atom stereocenters. The van der Waals surface area contributed by atoms with Gasteiger partial charge in [0.1, 0.15) is 0 Å². The summed E-state index contributed by atoms with van der Waals surface area (Å²) in [5.41, 5.74) is 1.98. The summed E-state index contributed by atoms with van der Waals surface area (Å²) in [5.74, 6) is 0. The minimum Gasteiger partial charge on any atom is -0.392 e. The molecular formula is C11H16N2O. The maximum Gasteiger partial charge on any atom is 0.0682 e. The van der Waals surface area contributed by atoms with Crippen molar-refractivity contribution in [3.05, 3.63) is 30.0 Å². The van der Waals surface area contributed by atoms with Crippen molar-refractivity contribution in [3.8, 4) is 0 Å². The molecule has 0 atom stereocenters. The van der Waals surface area contributed by atoms with Crippen LogP contribution in [-0.4, -0.2) is 14.9 Å². The minimum atomic E-state index is 0.0844. The molecule has 0 saturated heterocycles. The fourth-order valence-corrected chi connectivity index (χ4v) is 1.29. The molecule has 0 aliphatic rings. The third-order valence-corrected chi connectivity index (χ3v) is 2.00. The first-order chi connectivity index (χ1) is 6.81. The van der Waals surface area contributed by atoms with E-state index in [9.17, 15) is 0 Å². The molecule has 3 heteroatoms. The fraction of sp³-hybridized carbons (Fsp3) is 0.364. The maximum absolute atomic E-state index is 8.90. The zero-order valence-electron chi connectivity index (χ0n) is 8.86. The number of aliphatic hydroxyl groups excluding tert-OH is 1. The Balaban J connectivity index is 0.000000461. The topological polar surface area (TPSA) is 38.0 Å². The van der Waals surface area contributed by atoms with E-state index >= 15 is 0 Å². The number of hydrogen-bond donors (Lipinski definition) is 1. The van der Waals surface area contributed by atoms with Crippen LogP contribution < -0.4 is 0 Å². The second kappa shape index (κ2) is 4.77. The van der Waals surface area contributed by atoms with E-state index < -0.39 is 0 Å². The van der Waals surface area contributed by atoms with Crippen molar-refractivity contribution < 1.29 is 5.11 Å². The van der Waals surface area contributed by atoms with Crippen LogP contribution in [0.2, 0.25) is 0 Å². The van der Waals surface area contributed by atoms with E-state index in [-0.39, 0.29) is 6.61 Å². The highest BCUT2D eigenvalue weighted by Crippen LogP contribution is 2.14. The molecule has 0 amide bonds. The van der Waals surface area contributed by atoms with Gasteiger partial charge in [0.05, 0.1) is 18.3 Å². The van der Waals surface area contributed by atoms with Gasteiger partial charge in [-0.2, -0.15) is 5.10 Å². The number of hydrogen-bond acceptors (Lipinski definition) is 2. The lowest BCUT2D eigenvalue weighted by Gasteiger charge is -1.97. The third-order valence-electron chi connectivity index (χ3n) is 2.00. The Kier molecular flexibility index (Phi) is 3.65. The minimum absolute atomic E-state index is 0.0844. The van der Waals surface area contributed by atoms with Gasteiger partial charge in [-0.1, -0.05) is 26.0 Å². The molecule has 14 heavy (non-hydrogen) atoms. The van der Waals surface area contributed by atoms with E-state index in [2.05, 4.69) is 5.10 Å². The van der Waals surface area contributed by atoms with Crippen LogP contribution in [0.15, 0.2) is 24.4 Å². The van der Waals surface area contributed by atoms with Crippen molar-refractivity contribution in [1.82, 2.24) is 9.78 Å². The van der Waals surface area contributed by atoms with E-state index in [4.69, 9.17) is 5.11 Å². The van der Waals surface area contributed by atoms with E-state index in [0.29, 0.717) is 0 Å². The lowest BCUT2D eigenvalue weighted by atomic mass is 10.2. The summed E-state index contributed by atoms with van der Waals surface area (Å²) in [6.45, 7) is 4.08. The van der Waals surface area contributed by atoms with Crippen LogP contribution in [0.1, 0.15) is 19.4 Å². The van der Waals surface area contributed by atoms with Crippen molar-refractivity contribution in [2.45, 2.75) is 20.5 Å². The molecular weight excluding hydrogens is 176 g/mol. The molecule has 0 aliphatic heterocycles. The van der Waals surface area contributed by atoms with E-state index in [0.717, 1.165) is 16.5 Å². The molecule has 0 bridgehead atoms. The Hall–Kier alpha value is -1.35. The van der Waals surface area contributed by atoms with Crippen molar-refractivity contribution in [3.63, 3.8) is 0 Å². The Labute approximate surface area is 84.0 Å². The highest BCUT2D eigenvalue weighted by atomic mass is 16.3. The molecule has 2 aromatic rings. The molecule has 0 spiro atoms. The normalized spacial score (nSPS) is 9.71. The lowest BCUT2D eigenvalue weighted by Crippen LogP contribution is -1.90.